The summed E-state index contributed by atoms with van der Waals surface area (Å²) in [5.41, 5.74) is 6.46. The van der Waals surface area contributed by atoms with Crippen LogP contribution in [0.2, 0.25) is 0 Å². The number of nitrogen functional groups attached to an aromatic ring is 1. The molecule has 3 nitrogen and oxygen atoms in total. The van der Waals surface area contributed by atoms with E-state index >= 15 is 0 Å². The Hall–Kier alpha value is -1.03. The highest BCUT2D eigenvalue weighted by Crippen LogP contribution is 2.26. The molecule has 0 radical (unpaired) electrons. The molecule has 2 N–H and O–H groups in total. The van der Waals surface area contributed by atoms with Crippen LogP contribution in [0.15, 0.2) is 11.4 Å². The molecule has 1 amide bonds. The number of anilines is 1. The van der Waals surface area contributed by atoms with Crippen LogP contribution >= 0.6 is 11.3 Å². The van der Waals surface area contributed by atoms with Crippen molar-refractivity contribution < 1.29 is 4.79 Å². The van der Waals surface area contributed by atoms with E-state index in [1.165, 1.54) is 24.2 Å². The van der Waals surface area contributed by atoms with E-state index < -0.39 is 0 Å². The lowest BCUT2D eigenvalue weighted by Crippen LogP contribution is -2.39. The summed E-state index contributed by atoms with van der Waals surface area (Å²) in [5.74, 6) is 0.131. The van der Waals surface area contributed by atoms with Crippen molar-refractivity contribution >= 4 is 22.9 Å². The number of amides is 1. The molecule has 0 spiro atoms. The molecule has 17 heavy (non-hydrogen) atoms. The van der Waals surface area contributed by atoms with Gasteiger partial charge in [0.1, 0.15) is 4.88 Å². The number of thiophene rings is 1. The Kier molecular flexibility index (Phi) is 4.05. The van der Waals surface area contributed by atoms with Gasteiger partial charge in [-0.3, -0.25) is 4.79 Å². The van der Waals surface area contributed by atoms with Gasteiger partial charge in [0.2, 0.25) is 0 Å². The molecule has 2 rings (SSSR count). The van der Waals surface area contributed by atoms with Crippen molar-refractivity contribution in [3.63, 3.8) is 0 Å². The summed E-state index contributed by atoms with van der Waals surface area (Å²) >= 11 is 1.45. The zero-order valence-electron chi connectivity index (χ0n) is 10.3. The van der Waals surface area contributed by atoms with E-state index in [1.807, 2.05) is 16.3 Å². The summed E-state index contributed by atoms with van der Waals surface area (Å²) in [4.78, 5) is 15.2. The van der Waals surface area contributed by atoms with Crippen LogP contribution in [0, 0.1) is 0 Å². The first kappa shape index (κ1) is 12.4. The smallest absolute Gasteiger partial charge is 0.266 e. The first-order valence-corrected chi connectivity index (χ1v) is 7.26. The van der Waals surface area contributed by atoms with E-state index in [-0.39, 0.29) is 5.91 Å². The molecule has 1 aliphatic heterocycles. The van der Waals surface area contributed by atoms with E-state index in [4.69, 9.17) is 5.73 Å². The van der Waals surface area contributed by atoms with E-state index in [9.17, 15) is 4.79 Å². The fourth-order valence-corrected chi connectivity index (χ4v) is 3.27. The number of hydrogen-bond acceptors (Lipinski definition) is 3. The third-order valence-electron chi connectivity index (χ3n) is 3.50. The van der Waals surface area contributed by atoms with E-state index in [0.29, 0.717) is 16.6 Å². The predicted octanol–water partition coefficient (Wildman–Crippen LogP) is 3.13. The predicted molar refractivity (Wildman–Crippen MR) is 72.3 cm³/mol. The van der Waals surface area contributed by atoms with Crippen LogP contribution in [0.5, 0.6) is 0 Å². The molecule has 0 aliphatic carbocycles. The third kappa shape index (κ3) is 2.63. The quantitative estimate of drug-likeness (QED) is 0.879. The summed E-state index contributed by atoms with van der Waals surface area (Å²) in [7, 11) is 0. The second-order valence-electron chi connectivity index (χ2n) is 4.62. The number of carbonyl (C=O) groups is 1. The number of nitrogens with two attached hydrogens (primary N) is 1. The van der Waals surface area contributed by atoms with Gasteiger partial charge in [0.25, 0.3) is 5.91 Å². The summed E-state index contributed by atoms with van der Waals surface area (Å²) in [6.45, 7) is 3.04. The second kappa shape index (κ2) is 5.54. The maximum absolute atomic E-state index is 12.5. The largest absolute Gasteiger partial charge is 0.397 e. The monoisotopic (exact) mass is 252 g/mol. The first-order valence-electron chi connectivity index (χ1n) is 6.38. The number of hydrogen-bond donors (Lipinski definition) is 1. The average molecular weight is 252 g/mol. The zero-order valence-corrected chi connectivity index (χ0v) is 11.1. The highest BCUT2D eigenvalue weighted by Gasteiger charge is 2.26. The molecule has 4 heteroatoms. The van der Waals surface area contributed by atoms with Gasteiger partial charge < -0.3 is 10.6 Å². The summed E-state index contributed by atoms with van der Waals surface area (Å²) in [5, 5.41) is 1.89. The minimum atomic E-state index is 0.131. The van der Waals surface area contributed by atoms with Crippen molar-refractivity contribution in [2.24, 2.45) is 0 Å². The number of nitrogens with zero attached hydrogens (tertiary/aromatic N) is 1. The molecule has 0 aromatic carbocycles. The van der Waals surface area contributed by atoms with Crippen LogP contribution < -0.4 is 5.73 Å². The van der Waals surface area contributed by atoms with Crippen molar-refractivity contribution in [2.45, 2.75) is 45.1 Å². The van der Waals surface area contributed by atoms with Gasteiger partial charge in [-0.05, 0) is 30.7 Å². The Balaban J connectivity index is 2.18. The highest BCUT2D eigenvalue weighted by atomic mass is 32.1. The third-order valence-corrected chi connectivity index (χ3v) is 4.42. The molecular formula is C13H20N2OS. The molecule has 1 aliphatic rings. The minimum absolute atomic E-state index is 0.131. The fourth-order valence-electron chi connectivity index (χ4n) is 2.49. The SMILES string of the molecule is CCC1CCCCCN1C(=O)c1sccc1N. The van der Waals surface area contributed by atoms with Gasteiger partial charge in [0.15, 0.2) is 0 Å². The molecule has 2 heterocycles. The molecule has 1 aromatic rings. The normalized spacial score (nSPS) is 21.2. The van der Waals surface area contributed by atoms with Crippen molar-refractivity contribution in [2.75, 3.05) is 12.3 Å². The maximum Gasteiger partial charge on any atom is 0.266 e. The molecule has 0 saturated carbocycles. The minimum Gasteiger partial charge on any atom is -0.397 e. The average Bonchev–Trinajstić information content (AvgIpc) is 2.64. The Morgan fingerprint density at radius 2 is 2.35 bits per heavy atom. The molecule has 1 fully saturated rings. The highest BCUT2D eigenvalue weighted by molar-refractivity contribution is 7.12. The number of likely N-dealkylation sites (tertiary alicyclic amines) is 1. The summed E-state index contributed by atoms with van der Waals surface area (Å²) in [6.07, 6.45) is 5.76. The molecule has 1 aromatic heterocycles. The number of rotatable bonds is 2. The Morgan fingerprint density at radius 1 is 1.53 bits per heavy atom. The molecule has 1 saturated heterocycles. The van der Waals surface area contributed by atoms with Crippen molar-refractivity contribution in [1.82, 2.24) is 4.90 Å². The summed E-state index contributed by atoms with van der Waals surface area (Å²) < 4.78 is 0. The molecular weight excluding hydrogens is 232 g/mol. The molecule has 94 valence electrons. The van der Waals surface area contributed by atoms with Crippen LogP contribution in [-0.4, -0.2) is 23.4 Å². The van der Waals surface area contributed by atoms with Crippen molar-refractivity contribution in [3.8, 4) is 0 Å². The summed E-state index contributed by atoms with van der Waals surface area (Å²) in [6, 6.07) is 2.21. The van der Waals surface area contributed by atoms with Gasteiger partial charge in [0, 0.05) is 12.6 Å². The fraction of sp³-hybridized carbons (Fsp3) is 0.615. The maximum atomic E-state index is 12.5. The van der Waals surface area contributed by atoms with E-state index in [2.05, 4.69) is 6.92 Å². The standard InChI is InChI=1S/C13H20N2OS/c1-2-10-6-4-3-5-8-15(10)13(16)12-11(14)7-9-17-12/h7,9-10H,2-6,8,14H2,1H3. The zero-order chi connectivity index (χ0) is 12.3. The lowest BCUT2D eigenvalue weighted by Gasteiger charge is -2.29. The van der Waals surface area contributed by atoms with Crippen molar-refractivity contribution in [3.05, 3.63) is 16.3 Å². The lowest BCUT2D eigenvalue weighted by atomic mass is 10.1. The number of carbonyl (C=O) groups excluding carboxylic acids is 1. The van der Waals surface area contributed by atoms with Crippen LogP contribution in [0.3, 0.4) is 0 Å². The molecule has 1 unspecified atom stereocenters. The molecule has 0 bridgehead atoms. The Bertz CT molecular complexity index is 389. The van der Waals surface area contributed by atoms with E-state index in [0.717, 1.165) is 25.8 Å². The van der Waals surface area contributed by atoms with Crippen LogP contribution in [0.4, 0.5) is 5.69 Å². The van der Waals surface area contributed by atoms with Gasteiger partial charge in [-0.15, -0.1) is 11.3 Å². The van der Waals surface area contributed by atoms with Gasteiger partial charge in [-0.25, -0.2) is 0 Å². The van der Waals surface area contributed by atoms with E-state index in [1.54, 1.807) is 0 Å². The van der Waals surface area contributed by atoms with Gasteiger partial charge >= 0.3 is 0 Å². The van der Waals surface area contributed by atoms with Crippen LogP contribution in [0.1, 0.15) is 48.7 Å². The van der Waals surface area contributed by atoms with Gasteiger partial charge in [-0.2, -0.15) is 0 Å². The van der Waals surface area contributed by atoms with Crippen molar-refractivity contribution in [1.29, 1.82) is 0 Å². The van der Waals surface area contributed by atoms with Crippen LogP contribution in [0.25, 0.3) is 0 Å². The Morgan fingerprint density at radius 3 is 3.00 bits per heavy atom. The molecule has 1 atom stereocenters. The van der Waals surface area contributed by atoms with Crippen LogP contribution in [-0.2, 0) is 0 Å². The second-order valence-corrected chi connectivity index (χ2v) is 5.53. The van der Waals surface area contributed by atoms with Gasteiger partial charge in [-0.1, -0.05) is 19.8 Å². The lowest BCUT2D eigenvalue weighted by molar-refractivity contribution is 0.0684. The first-order chi connectivity index (χ1) is 8.24. The van der Waals surface area contributed by atoms with Gasteiger partial charge in [0.05, 0.1) is 5.69 Å². The topological polar surface area (TPSA) is 46.3 Å². The Labute approximate surface area is 107 Å².